The first-order chi connectivity index (χ1) is 34.5. The molecule has 0 heterocycles. The summed E-state index contributed by atoms with van der Waals surface area (Å²) in [6.45, 7) is 4.89. The first-order valence-corrected chi connectivity index (χ1v) is 31.6. The Balaban J connectivity index is 3.42. The van der Waals surface area contributed by atoms with Crippen LogP contribution >= 0.6 is 0 Å². The fourth-order valence-corrected chi connectivity index (χ4v) is 9.85. The second kappa shape index (κ2) is 59.9. The van der Waals surface area contributed by atoms with Gasteiger partial charge in [-0.1, -0.05) is 308 Å². The van der Waals surface area contributed by atoms with Gasteiger partial charge >= 0.3 is 5.97 Å². The number of hydrogen-bond acceptors (Lipinski definition) is 5. The molecule has 0 aromatic heterocycles. The van der Waals surface area contributed by atoms with Crippen molar-refractivity contribution >= 4 is 11.9 Å². The molecule has 0 spiro atoms. The van der Waals surface area contributed by atoms with Gasteiger partial charge in [0, 0.05) is 12.8 Å². The van der Waals surface area contributed by atoms with Crippen LogP contribution in [0, 0.1) is 0 Å². The molecule has 0 aromatic rings. The van der Waals surface area contributed by atoms with Gasteiger partial charge in [0.1, 0.15) is 0 Å². The van der Waals surface area contributed by atoms with Crippen LogP contribution < -0.4 is 5.32 Å². The fourth-order valence-electron chi connectivity index (χ4n) is 9.85. The Bertz CT molecular complexity index is 1090. The van der Waals surface area contributed by atoms with Crippen molar-refractivity contribution < 1.29 is 24.5 Å². The summed E-state index contributed by atoms with van der Waals surface area (Å²) in [5.74, 6) is -0.0632. The molecule has 414 valence electrons. The van der Waals surface area contributed by atoms with Gasteiger partial charge in [0.25, 0.3) is 0 Å². The van der Waals surface area contributed by atoms with E-state index in [0.717, 1.165) is 44.9 Å². The SMILES string of the molecule is CCCC/C=C\CCCCCCCC(=O)OCCCCCCCCCCCCCCCCCCCCCCCCC(=O)NC(CO)C(O)/C=C/CCCCCCCCCCCCCCCCCCCC. The fraction of sp³-hybridized carbons (Fsp3) is 0.906. The number of esters is 1. The van der Waals surface area contributed by atoms with Crippen LogP contribution in [-0.2, 0) is 14.3 Å². The monoisotopic (exact) mass is 986 g/mol. The molecule has 2 atom stereocenters. The van der Waals surface area contributed by atoms with E-state index in [0.29, 0.717) is 19.4 Å². The van der Waals surface area contributed by atoms with Crippen LogP contribution in [0.5, 0.6) is 0 Å². The summed E-state index contributed by atoms with van der Waals surface area (Å²) < 4.78 is 5.46. The Labute approximate surface area is 437 Å². The molecule has 1 amide bonds. The summed E-state index contributed by atoms with van der Waals surface area (Å²) in [5, 5.41) is 23.2. The summed E-state index contributed by atoms with van der Waals surface area (Å²) in [7, 11) is 0. The summed E-state index contributed by atoms with van der Waals surface area (Å²) >= 11 is 0. The third kappa shape index (κ3) is 55.7. The lowest BCUT2D eigenvalue weighted by Crippen LogP contribution is -2.45. The minimum absolute atomic E-state index is 0.00197. The van der Waals surface area contributed by atoms with Crippen molar-refractivity contribution in [1.29, 1.82) is 0 Å². The average Bonchev–Trinajstić information content (AvgIpc) is 3.36. The van der Waals surface area contributed by atoms with Gasteiger partial charge in [-0.2, -0.15) is 0 Å². The maximum absolute atomic E-state index is 12.5. The Morgan fingerprint density at radius 2 is 0.686 bits per heavy atom. The summed E-state index contributed by atoms with van der Waals surface area (Å²) in [5.41, 5.74) is 0. The molecule has 0 radical (unpaired) electrons. The van der Waals surface area contributed by atoms with Crippen LogP contribution in [0.3, 0.4) is 0 Å². The van der Waals surface area contributed by atoms with Gasteiger partial charge in [0.05, 0.1) is 25.4 Å². The molecule has 0 bridgehead atoms. The number of carbonyl (C=O) groups is 2. The van der Waals surface area contributed by atoms with Crippen molar-refractivity contribution in [3.63, 3.8) is 0 Å². The molecule has 70 heavy (non-hydrogen) atoms. The molecule has 6 heteroatoms. The number of nitrogens with one attached hydrogen (secondary N) is 1. The predicted molar refractivity (Wildman–Crippen MR) is 306 cm³/mol. The lowest BCUT2D eigenvalue weighted by atomic mass is 10.0. The second-order valence-corrected chi connectivity index (χ2v) is 21.7. The molecule has 6 nitrogen and oxygen atoms in total. The lowest BCUT2D eigenvalue weighted by molar-refractivity contribution is -0.143. The largest absolute Gasteiger partial charge is 0.466 e. The third-order valence-corrected chi connectivity index (χ3v) is 14.7. The quantitative estimate of drug-likeness (QED) is 0.0321. The molecule has 0 aromatic carbocycles. The number of aliphatic hydroxyl groups is 2. The number of allylic oxidation sites excluding steroid dienone is 3. The van der Waals surface area contributed by atoms with Crippen LogP contribution in [0.25, 0.3) is 0 Å². The van der Waals surface area contributed by atoms with Crippen molar-refractivity contribution in [1.82, 2.24) is 5.32 Å². The highest BCUT2D eigenvalue weighted by atomic mass is 16.5. The van der Waals surface area contributed by atoms with E-state index in [1.165, 1.54) is 276 Å². The van der Waals surface area contributed by atoms with Crippen LogP contribution in [0.4, 0.5) is 0 Å². The molecule has 0 saturated carbocycles. The molecule has 0 fully saturated rings. The van der Waals surface area contributed by atoms with Crippen molar-refractivity contribution in [3.05, 3.63) is 24.3 Å². The molecular formula is C64H123NO5. The van der Waals surface area contributed by atoms with Gasteiger partial charge in [-0.25, -0.2) is 0 Å². The van der Waals surface area contributed by atoms with Crippen LogP contribution in [0.1, 0.15) is 348 Å². The summed E-state index contributed by atoms with van der Waals surface area (Å²) in [4.78, 5) is 24.5. The highest BCUT2D eigenvalue weighted by molar-refractivity contribution is 5.76. The zero-order valence-corrected chi connectivity index (χ0v) is 47.3. The molecule has 0 aliphatic rings. The highest BCUT2D eigenvalue weighted by Crippen LogP contribution is 2.18. The smallest absolute Gasteiger partial charge is 0.305 e. The second-order valence-electron chi connectivity index (χ2n) is 21.7. The summed E-state index contributed by atoms with van der Waals surface area (Å²) in [6, 6.07) is -0.628. The normalized spacial score (nSPS) is 12.7. The van der Waals surface area contributed by atoms with E-state index in [1.807, 2.05) is 6.08 Å². The van der Waals surface area contributed by atoms with Gasteiger partial charge < -0.3 is 20.3 Å². The van der Waals surface area contributed by atoms with E-state index in [1.54, 1.807) is 6.08 Å². The molecule has 0 aliphatic carbocycles. The number of unbranched alkanes of at least 4 members (excludes halogenated alkanes) is 46. The zero-order valence-electron chi connectivity index (χ0n) is 47.3. The summed E-state index contributed by atoms with van der Waals surface area (Å²) in [6.07, 6.45) is 73.6. The topological polar surface area (TPSA) is 95.9 Å². The minimum Gasteiger partial charge on any atom is -0.466 e. The number of hydrogen-bond donors (Lipinski definition) is 3. The maximum atomic E-state index is 12.5. The highest BCUT2D eigenvalue weighted by Gasteiger charge is 2.18. The Kier molecular flexibility index (Phi) is 58.5. The Morgan fingerprint density at radius 3 is 1.06 bits per heavy atom. The third-order valence-electron chi connectivity index (χ3n) is 14.7. The molecule has 2 unspecified atom stereocenters. The van der Waals surface area contributed by atoms with Crippen LogP contribution in [-0.4, -0.2) is 47.4 Å². The molecule has 0 rings (SSSR count). The van der Waals surface area contributed by atoms with Crippen molar-refractivity contribution in [2.75, 3.05) is 13.2 Å². The number of carbonyl (C=O) groups excluding carboxylic acids is 2. The van der Waals surface area contributed by atoms with Gasteiger partial charge in [-0.3, -0.25) is 9.59 Å². The Hall–Kier alpha value is -1.66. The van der Waals surface area contributed by atoms with Crippen molar-refractivity contribution in [3.8, 4) is 0 Å². The molecule has 0 saturated heterocycles. The van der Waals surface area contributed by atoms with E-state index >= 15 is 0 Å². The average molecular weight is 987 g/mol. The van der Waals surface area contributed by atoms with E-state index in [2.05, 4.69) is 31.3 Å². The van der Waals surface area contributed by atoms with Crippen LogP contribution in [0.15, 0.2) is 24.3 Å². The van der Waals surface area contributed by atoms with E-state index in [9.17, 15) is 19.8 Å². The lowest BCUT2D eigenvalue weighted by Gasteiger charge is -2.20. The van der Waals surface area contributed by atoms with E-state index < -0.39 is 12.1 Å². The van der Waals surface area contributed by atoms with Gasteiger partial charge in [0.15, 0.2) is 0 Å². The Morgan fingerprint density at radius 1 is 0.386 bits per heavy atom. The van der Waals surface area contributed by atoms with Gasteiger partial charge in [0.2, 0.25) is 5.91 Å². The molecule has 3 N–H and O–H groups in total. The predicted octanol–water partition coefficient (Wildman–Crippen LogP) is 19.8. The van der Waals surface area contributed by atoms with Crippen LogP contribution in [0.2, 0.25) is 0 Å². The van der Waals surface area contributed by atoms with Gasteiger partial charge in [-0.05, 0) is 51.4 Å². The van der Waals surface area contributed by atoms with Crippen molar-refractivity contribution in [2.24, 2.45) is 0 Å². The molecular weight excluding hydrogens is 863 g/mol. The van der Waals surface area contributed by atoms with Crippen molar-refractivity contribution in [2.45, 2.75) is 360 Å². The zero-order chi connectivity index (χ0) is 50.7. The number of ether oxygens (including phenoxy) is 1. The van der Waals surface area contributed by atoms with E-state index in [4.69, 9.17) is 4.74 Å². The minimum atomic E-state index is -0.845. The maximum Gasteiger partial charge on any atom is 0.305 e. The first-order valence-electron chi connectivity index (χ1n) is 31.6. The molecule has 0 aliphatic heterocycles. The first kappa shape index (κ1) is 68.3. The van der Waals surface area contributed by atoms with Gasteiger partial charge in [-0.15, -0.1) is 0 Å². The number of aliphatic hydroxyl groups excluding tert-OH is 2. The number of rotatable bonds is 59. The standard InChI is InChI=1S/C64H123NO5/c1-3-5-7-9-11-13-15-16-17-18-19-24-27-30-33-37-40-44-48-52-56-62(67)61(60-66)65-63(68)57-53-49-45-41-38-34-31-28-25-22-20-21-23-26-29-32-35-39-43-47-51-55-59-70-64(69)58-54-50-46-42-36-14-12-10-8-6-4-2/h10,12,52,56,61-62,66-67H,3-9,11,13-51,53-55,57-60H2,1-2H3,(H,65,68)/b12-10-,56-52+. The van der Waals surface area contributed by atoms with E-state index in [-0.39, 0.29) is 18.5 Å². The number of amides is 1.